The van der Waals surface area contributed by atoms with Crippen molar-refractivity contribution in [3.05, 3.63) is 211 Å². The number of para-hydroxylation sites is 2. The zero-order chi connectivity index (χ0) is 37.0. The molecule has 8 aromatic carbocycles. The first-order valence-corrected chi connectivity index (χ1v) is 19.7. The van der Waals surface area contributed by atoms with Crippen molar-refractivity contribution < 1.29 is 0 Å². The minimum Gasteiger partial charge on any atom is -0.324 e. The van der Waals surface area contributed by atoms with Gasteiger partial charge in [-0.3, -0.25) is 0 Å². The Bertz CT molecular complexity index is 3100. The van der Waals surface area contributed by atoms with Gasteiger partial charge < -0.3 is 9.88 Å². The molecular weight excluding hydrogens is 701 g/mol. The third-order valence-electron chi connectivity index (χ3n) is 10.8. The maximum Gasteiger partial charge on any atom is 0.169 e. The summed E-state index contributed by atoms with van der Waals surface area (Å²) in [7, 11) is 0. The molecule has 5 heteroatoms. The summed E-state index contributed by atoms with van der Waals surface area (Å²) in [6.45, 7) is 0. The van der Waals surface area contributed by atoms with Crippen LogP contribution in [0.5, 0.6) is 0 Å². The molecule has 10 aromatic rings. The van der Waals surface area contributed by atoms with Crippen LogP contribution in [0.2, 0.25) is 0 Å². The summed E-state index contributed by atoms with van der Waals surface area (Å²) in [4.78, 5) is 10.3. The van der Waals surface area contributed by atoms with Crippen LogP contribution < -0.4 is 5.32 Å². The molecule has 0 atom stereocenters. The number of nitrogens with one attached hydrogen (secondary N) is 1. The molecule has 0 aliphatic carbocycles. The highest BCUT2D eigenvalue weighted by Gasteiger charge is 2.22. The molecule has 0 bridgehead atoms. The van der Waals surface area contributed by atoms with Gasteiger partial charge >= 0.3 is 0 Å². The van der Waals surface area contributed by atoms with E-state index in [9.17, 15) is 0 Å². The van der Waals surface area contributed by atoms with Crippen molar-refractivity contribution in [2.24, 2.45) is 9.98 Å². The molecule has 0 saturated carbocycles. The molecule has 0 fully saturated rings. The lowest BCUT2D eigenvalue weighted by Gasteiger charge is -2.22. The fourth-order valence-electron chi connectivity index (χ4n) is 8.21. The van der Waals surface area contributed by atoms with E-state index in [1.54, 1.807) is 0 Å². The molecule has 2 aromatic heterocycles. The van der Waals surface area contributed by atoms with Crippen LogP contribution in [0.4, 0.5) is 0 Å². The summed E-state index contributed by atoms with van der Waals surface area (Å²) in [5.41, 5.74) is 11.5. The van der Waals surface area contributed by atoms with Crippen LogP contribution in [0.1, 0.15) is 22.9 Å². The smallest absolute Gasteiger partial charge is 0.169 e. The van der Waals surface area contributed by atoms with Gasteiger partial charge in [0.2, 0.25) is 0 Å². The largest absolute Gasteiger partial charge is 0.324 e. The fourth-order valence-corrected chi connectivity index (χ4v) is 9.32. The minimum absolute atomic E-state index is 0.394. The summed E-state index contributed by atoms with van der Waals surface area (Å²) in [5.74, 6) is 1.63. The average Bonchev–Trinajstić information content (AvgIpc) is 3.82. The SMILES string of the molecule is c1ccc(C2=NC(c3cccc(-c4cccc5sc6ccc(-c7ccc8c(c7)c7ccccc7n8-c7ccccc7)cc6c45)c3)N=C(c3ccccc3)N2)cc1. The second-order valence-corrected chi connectivity index (χ2v) is 15.3. The molecule has 0 amide bonds. The first-order valence-electron chi connectivity index (χ1n) is 18.9. The van der Waals surface area contributed by atoms with Crippen molar-refractivity contribution in [2.45, 2.75) is 6.17 Å². The molecule has 1 N–H and O–H groups in total. The van der Waals surface area contributed by atoms with Gasteiger partial charge in [0.1, 0.15) is 11.7 Å². The Morgan fingerprint density at radius 2 is 1.04 bits per heavy atom. The first kappa shape index (κ1) is 32.4. The molecule has 56 heavy (non-hydrogen) atoms. The molecule has 264 valence electrons. The van der Waals surface area contributed by atoms with Gasteiger partial charge in [0.25, 0.3) is 0 Å². The van der Waals surface area contributed by atoms with Crippen molar-refractivity contribution in [3.63, 3.8) is 0 Å². The first-order chi connectivity index (χ1) is 27.7. The number of hydrogen-bond acceptors (Lipinski definition) is 4. The van der Waals surface area contributed by atoms with Crippen LogP contribution in [-0.4, -0.2) is 16.2 Å². The van der Waals surface area contributed by atoms with Crippen molar-refractivity contribution in [3.8, 4) is 27.9 Å². The maximum atomic E-state index is 5.16. The quantitative estimate of drug-likeness (QED) is 0.182. The van der Waals surface area contributed by atoms with Gasteiger partial charge in [-0.2, -0.15) is 0 Å². The topological polar surface area (TPSA) is 41.7 Å². The highest BCUT2D eigenvalue weighted by Crippen LogP contribution is 2.43. The van der Waals surface area contributed by atoms with Gasteiger partial charge in [0.15, 0.2) is 6.17 Å². The minimum atomic E-state index is -0.394. The summed E-state index contributed by atoms with van der Waals surface area (Å²) in [6, 6.07) is 69.3. The van der Waals surface area contributed by atoms with E-state index >= 15 is 0 Å². The van der Waals surface area contributed by atoms with E-state index in [-0.39, 0.29) is 0 Å². The van der Waals surface area contributed by atoms with Crippen molar-refractivity contribution in [1.82, 2.24) is 9.88 Å². The number of nitrogens with zero attached hydrogens (tertiary/aromatic N) is 3. The van der Waals surface area contributed by atoms with Gasteiger partial charge in [-0.25, -0.2) is 9.98 Å². The lowest BCUT2D eigenvalue weighted by atomic mass is 9.95. The molecule has 3 heterocycles. The third-order valence-corrected chi connectivity index (χ3v) is 12.0. The van der Waals surface area contributed by atoms with Crippen molar-refractivity contribution in [2.75, 3.05) is 0 Å². The van der Waals surface area contributed by atoms with Crippen molar-refractivity contribution in [1.29, 1.82) is 0 Å². The lowest BCUT2D eigenvalue weighted by molar-refractivity contribution is 0.756. The number of aliphatic imine (C=N–C) groups is 2. The zero-order valence-corrected chi connectivity index (χ0v) is 31.1. The molecule has 0 unspecified atom stereocenters. The predicted octanol–water partition coefficient (Wildman–Crippen LogP) is 13.0. The molecule has 0 saturated heterocycles. The van der Waals surface area contributed by atoms with E-state index in [0.717, 1.165) is 33.9 Å². The van der Waals surface area contributed by atoms with E-state index in [4.69, 9.17) is 9.98 Å². The highest BCUT2D eigenvalue weighted by molar-refractivity contribution is 7.26. The van der Waals surface area contributed by atoms with Crippen LogP contribution in [0.3, 0.4) is 0 Å². The number of benzene rings is 8. The Labute approximate surface area is 328 Å². The number of thiophene rings is 1. The van der Waals surface area contributed by atoms with Gasteiger partial charge in [-0.05, 0) is 82.4 Å². The van der Waals surface area contributed by atoms with Gasteiger partial charge in [0, 0.05) is 47.8 Å². The van der Waals surface area contributed by atoms with E-state index in [2.05, 4.69) is 168 Å². The van der Waals surface area contributed by atoms with E-state index in [1.807, 2.05) is 47.7 Å². The molecular formula is C51H34N4S. The van der Waals surface area contributed by atoms with Crippen molar-refractivity contribution >= 4 is 65.0 Å². The predicted molar refractivity (Wildman–Crippen MR) is 236 cm³/mol. The Morgan fingerprint density at radius 1 is 0.429 bits per heavy atom. The Hall–Kier alpha value is -7.08. The standard InChI is InChI=1S/C51H34N4S/c1-4-14-33(15-5-1)49-52-50(34-16-6-2-7-17-34)54-51(53-49)38-19-12-18-37(30-38)40-23-13-25-47-48(40)43-32-36(27-29-46(43)56-47)35-26-28-45-42(31-35)41-22-10-11-24-44(41)55(45)39-20-8-3-9-21-39/h1-32,51H,(H,52,53,54). The Kier molecular flexibility index (Phi) is 7.71. The normalized spacial score (nSPS) is 13.3. The molecule has 11 rings (SSSR count). The highest BCUT2D eigenvalue weighted by atomic mass is 32.1. The third kappa shape index (κ3) is 5.52. The van der Waals surface area contributed by atoms with Gasteiger partial charge in [-0.1, -0.05) is 140 Å². The number of hydrogen-bond donors (Lipinski definition) is 1. The van der Waals surface area contributed by atoms with E-state index in [1.165, 1.54) is 64.4 Å². The Balaban J connectivity index is 1.02. The maximum absolute atomic E-state index is 5.16. The van der Waals surface area contributed by atoms with E-state index < -0.39 is 6.17 Å². The molecule has 0 spiro atoms. The van der Waals surface area contributed by atoms with Crippen LogP contribution in [-0.2, 0) is 0 Å². The monoisotopic (exact) mass is 734 g/mol. The van der Waals surface area contributed by atoms with Crippen LogP contribution in [0.25, 0.3) is 69.9 Å². The van der Waals surface area contributed by atoms with Gasteiger partial charge in [-0.15, -0.1) is 11.3 Å². The number of aromatic nitrogens is 1. The average molecular weight is 735 g/mol. The summed E-state index contributed by atoms with van der Waals surface area (Å²) in [6.07, 6.45) is -0.394. The fraction of sp³-hybridized carbons (Fsp3) is 0.0196. The molecule has 0 radical (unpaired) electrons. The van der Waals surface area contributed by atoms with E-state index in [0.29, 0.717) is 0 Å². The number of fused-ring (bicyclic) bond motifs is 6. The molecule has 4 nitrogen and oxygen atoms in total. The number of rotatable bonds is 6. The summed E-state index contributed by atoms with van der Waals surface area (Å²) < 4.78 is 4.93. The second-order valence-electron chi connectivity index (χ2n) is 14.2. The lowest BCUT2D eigenvalue weighted by Crippen LogP contribution is -2.35. The number of amidine groups is 2. The van der Waals surface area contributed by atoms with Gasteiger partial charge in [0.05, 0.1) is 11.0 Å². The van der Waals surface area contributed by atoms with Crippen LogP contribution >= 0.6 is 11.3 Å². The Morgan fingerprint density at radius 3 is 1.79 bits per heavy atom. The summed E-state index contributed by atoms with van der Waals surface area (Å²) in [5, 5.41) is 8.58. The second kappa shape index (κ2) is 13.3. The van der Waals surface area contributed by atoms with Crippen LogP contribution in [0.15, 0.2) is 204 Å². The zero-order valence-electron chi connectivity index (χ0n) is 30.3. The molecule has 1 aliphatic rings. The summed E-state index contributed by atoms with van der Waals surface area (Å²) >= 11 is 1.85. The van der Waals surface area contributed by atoms with Crippen LogP contribution in [0, 0.1) is 0 Å². The molecule has 1 aliphatic heterocycles.